The van der Waals surface area contributed by atoms with E-state index in [4.69, 9.17) is 5.10 Å². The maximum Gasteiger partial charge on any atom is 0.253 e. The standard InChI is InChI=1S/C34H32N6O2S2/c1-23-13-15-26(16-14-23)29-19-28(30-12-7-17-43-30)38-40(29)32(41)22-44-34-37-36-31(39(34)21-25-9-4-3-5-10-25)20-35-33(42)27-11-6-8-24(2)18-27/h3-18,29H,19-22H2,1-2H3,(H,35,42)/t29-/m0/s1. The Morgan fingerprint density at radius 3 is 2.50 bits per heavy atom. The van der Waals surface area contributed by atoms with E-state index in [1.807, 2.05) is 77.5 Å². The second kappa shape index (κ2) is 13.4. The second-order valence-corrected chi connectivity index (χ2v) is 12.6. The zero-order valence-electron chi connectivity index (χ0n) is 24.5. The zero-order chi connectivity index (χ0) is 30.5. The molecule has 1 aliphatic rings. The third kappa shape index (κ3) is 6.82. The van der Waals surface area contributed by atoms with E-state index in [-0.39, 0.29) is 30.2 Å². The van der Waals surface area contributed by atoms with Crippen molar-refractivity contribution in [3.8, 4) is 0 Å². The first-order chi connectivity index (χ1) is 21.4. The van der Waals surface area contributed by atoms with Gasteiger partial charge in [-0.15, -0.1) is 21.5 Å². The predicted octanol–water partition coefficient (Wildman–Crippen LogP) is 6.40. The summed E-state index contributed by atoms with van der Waals surface area (Å²) in [6.45, 7) is 4.73. The Bertz CT molecular complexity index is 1780. The Kier molecular flexibility index (Phi) is 8.99. The second-order valence-electron chi connectivity index (χ2n) is 10.7. The van der Waals surface area contributed by atoms with Gasteiger partial charge in [-0.1, -0.05) is 95.7 Å². The van der Waals surface area contributed by atoms with Gasteiger partial charge in [0.1, 0.15) is 0 Å². The van der Waals surface area contributed by atoms with Crippen LogP contribution in [0.15, 0.2) is 107 Å². The number of aryl methyl sites for hydroxylation is 2. The van der Waals surface area contributed by atoms with Crippen LogP contribution in [0.5, 0.6) is 0 Å². The third-order valence-electron chi connectivity index (χ3n) is 7.42. The van der Waals surface area contributed by atoms with Gasteiger partial charge in [0, 0.05) is 12.0 Å². The molecule has 6 rings (SSSR count). The van der Waals surface area contributed by atoms with Crippen LogP contribution in [0, 0.1) is 13.8 Å². The molecule has 5 aromatic rings. The molecule has 0 spiro atoms. The number of nitrogens with zero attached hydrogens (tertiary/aromatic N) is 5. The number of hydrogen-bond donors (Lipinski definition) is 1. The van der Waals surface area contributed by atoms with Crippen molar-refractivity contribution in [3.63, 3.8) is 0 Å². The normalized spacial score (nSPS) is 14.5. The highest BCUT2D eigenvalue weighted by Crippen LogP contribution is 2.35. The van der Waals surface area contributed by atoms with Gasteiger partial charge in [-0.05, 0) is 48.6 Å². The van der Waals surface area contributed by atoms with Gasteiger partial charge in [0.05, 0.1) is 35.5 Å². The first-order valence-electron chi connectivity index (χ1n) is 14.4. The lowest BCUT2D eigenvalue weighted by Gasteiger charge is -2.22. The number of thioether (sulfide) groups is 1. The summed E-state index contributed by atoms with van der Waals surface area (Å²) in [6, 6.07) is 29.6. The average Bonchev–Trinajstić information content (AvgIpc) is 3.80. The molecular weight excluding hydrogens is 589 g/mol. The molecule has 44 heavy (non-hydrogen) atoms. The number of benzene rings is 3. The fraction of sp³-hybridized carbons (Fsp3) is 0.206. The minimum atomic E-state index is -0.178. The molecule has 1 aliphatic heterocycles. The molecular formula is C34H32N6O2S2. The van der Waals surface area contributed by atoms with Gasteiger partial charge < -0.3 is 9.88 Å². The van der Waals surface area contributed by atoms with Crippen LogP contribution in [0.2, 0.25) is 0 Å². The summed E-state index contributed by atoms with van der Waals surface area (Å²) in [5, 5.41) is 20.9. The summed E-state index contributed by atoms with van der Waals surface area (Å²) in [4.78, 5) is 27.7. The molecule has 0 unspecified atom stereocenters. The van der Waals surface area contributed by atoms with E-state index in [0.717, 1.165) is 27.3 Å². The fourth-order valence-corrected chi connectivity index (χ4v) is 6.63. The van der Waals surface area contributed by atoms with Crippen LogP contribution in [0.4, 0.5) is 0 Å². The van der Waals surface area contributed by atoms with Gasteiger partial charge in [-0.25, -0.2) is 5.01 Å². The molecule has 2 amide bonds. The summed E-state index contributed by atoms with van der Waals surface area (Å²) < 4.78 is 1.96. The summed E-state index contributed by atoms with van der Waals surface area (Å²) in [6.07, 6.45) is 0.662. The summed E-state index contributed by atoms with van der Waals surface area (Å²) in [5.41, 5.74) is 5.82. The number of amides is 2. The van der Waals surface area contributed by atoms with Crippen LogP contribution in [0.25, 0.3) is 0 Å². The van der Waals surface area contributed by atoms with Crippen molar-refractivity contribution in [1.29, 1.82) is 0 Å². The van der Waals surface area contributed by atoms with Gasteiger partial charge >= 0.3 is 0 Å². The molecule has 1 atom stereocenters. The number of hydrazone groups is 1. The Labute approximate surface area is 264 Å². The van der Waals surface area contributed by atoms with Crippen molar-refractivity contribution in [2.45, 2.75) is 44.6 Å². The van der Waals surface area contributed by atoms with Gasteiger partial charge in [0.2, 0.25) is 0 Å². The van der Waals surface area contributed by atoms with E-state index >= 15 is 0 Å². The van der Waals surface area contributed by atoms with E-state index in [1.54, 1.807) is 22.4 Å². The van der Waals surface area contributed by atoms with Crippen LogP contribution in [-0.2, 0) is 17.9 Å². The first-order valence-corrected chi connectivity index (χ1v) is 16.2. The molecule has 2 aromatic heterocycles. The Hall–Kier alpha value is -4.54. The molecule has 0 saturated carbocycles. The SMILES string of the molecule is Cc1ccc([C@@H]2CC(c3cccs3)=NN2C(=O)CSc2nnc(CNC(=O)c3cccc(C)c3)n2Cc2ccccc2)cc1. The maximum atomic E-state index is 13.7. The highest BCUT2D eigenvalue weighted by Gasteiger charge is 2.33. The van der Waals surface area contributed by atoms with Crippen molar-refractivity contribution < 1.29 is 9.59 Å². The third-order valence-corrected chi connectivity index (χ3v) is 9.29. The lowest BCUT2D eigenvalue weighted by Crippen LogP contribution is -2.28. The number of carbonyl (C=O) groups excluding carboxylic acids is 2. The molecule has 8 nitrogen and oxygen atoms in total. The lowest BCUT2D eigenvalue weighted by molar-refractivity contribution is -0.130. The summed E-state index contributed by atoms with van der Waals surface area (Å²) in [7, 11) is 0. The minimum absolute atomic E-state index is 0.101. The maximum absolute atomic E-state index is 13.7. The number of thiophene rings is 1. The zero-order valence-corrected chi connectivity index (χ0v) is 26.1. The Morgan fingerprint density at radius 1 is 0.932 bits per heavy atom. The molecule has 3 aromatic carbocycles. The molecule has 0 bridgehead atoms. The monoisotopic (exact) mass is 620 g/mol. The van der Waals surface area contributed by atoms with E-state index in [1.165, 1.54) is 17.3 Å². The molecule has 3 heterocycles. The van der Waals surface area contributed by atoms with Crippen molar-refractivity contribution in [2.75, 3.05) is 5.75 Å². The number of carbonyl (C=O) groups is 2. The number of aromatic nitrogens is 3. The molecule has 222 valence electrons. The molecule has 0 saturated heterocycles. The average molecular weight is 621 g/mol. The van der Waals surface area contributed by atoms with Crippen molar-refractivity contribution >= 4 is 40.6 Å². The van der Waals surface area contributed by atoms with E-state index < -0.39 is 0 Å². The van der Waals surface area contributed by atoms with E-state index in [0.29, 0.717) is 29.5 Å². The Balaban J connectivity index is 1.21. The number of hydrogen-bond acceptors (Lipinski definition) is 7. The van der Waals surface area contributed by atoms with Crippen molar-refractivity contribution in [2.24, 2.45) is 5.10 Å². The quantitative estimate of drug-likeness (QED) is 0.182. The molecule has 10 heteroatoms. The smallest absolute Gasteiger partial charge is 0.253 e. The molecule has 0 aliphatic carbocycles. The first kappa shape index (κ1) is 29.5. The van der Waals surface area contributed by atoms with Gasteiger partial charge in [-0.2, -0.15) is 5.10 Å². The van der Waals surface area contributed by atoms with Crippen molar-refractivity contribution in [3.05, 3.63) is 135 Å². The molecule has 0 fully saturated rings. The van der Waals surface area contributed by atoms with Crippen LogP contribution in [0.3, 0.4) is 0 Å². The van der Waals surface area contributed by atoms with Crippen LogP contribution >= 0.6 is 23.1 Å². The highest BCUT2D eigenvalue weighted by molar-refractivity contribution is 7.99. The highest BCUT2D eigenvalue weighted by atomic mass is 32.2. The number of rotatable bonds is 10. The topological polar surface area (TPSA) is 92.5 Å². The van der Waals surface area contributed by atoms with Crippen LogP contribution in [0.1, 0.15) is 55.8 Å². The molecule has 0 radical (unpaired) electrons. The van der Waals surface area contributed by atoms with E-state index in [2.05, 4.69) is 46.7 Å². The van der Waals surface area contributed by atoms with Gasteiger partial charge in [0.15, 0.2) is 11.0 Å². The van der Waals surface area contributed by atoms with Crippen molar-refractivity contribution in [1.82, 2.24) is 25.1 Å². The van der Waals surface area contributed by atoms with Gasteiger partial charge in [-0.3, -0.25) is 9.59 Å². The minimum Gasteiger partial charge on any atom is -0.345 e. The van der Waals surface area contributed by atoms with E-state index in [9.17, 15) is 9.59 Å². The summed E-state index contributed by atoms with van der Waals surface area (Å²) in [5.74, 6) is 0.478. The fourth-order valence-electron chi connectivity index (χ4n) is 5.10. The Morgan fingerprint density at radius 2 is 1.75 bits per heavy atom. The van der Waals surface area contributed by atoms with Gasteiger partial charge in [0.25, 0.3) is 11.8 Å². The summed E-state index contributed by atoms with van der Waals surface area (Å²) >= 11 is 2.96. The van der Waals surface area contributed by atoms with Crippen LogP contribution < -0.4 is 5.32 Å². The molecule has 1 N–H and O–H groups in total. The lowest BCUT2D eigenvalue weighted by atomic mass is 10.00. The predicted molar refractivity (Wildman–Crippen MR) is 175 cm³/mol. The van der Waals surface area contributed by atoms with Crippen LogP contribution in [-0.4, -0.2) is 43.1 Å². The largest absolute Gasteiger partial charge is 0.345 e. The number of nitrogens with one attached hydrogen (secondary N) is 1.